The van der Waals surface area contributed by atoms with E-state index in [0.717, 1.165) is 12.3 Å². The summed E-state index contributed by atoms with van der Waals surface area (Å²) >= 11 is 0. The Labute approximate surface area is 107 Å². The number of fused-ring (bicyclic) bond motifs is 2. The number of carboxylic acids is 1. The van der Waals surface area contributed by atoms with Crippen LogP contribution in [0.1, 0.15) is 32.6 Å². The fraction of sp³-hybridized carbons (Fsp3) is 0.857. The van der Waals surface area contributed by atoms with Gasteiger partial charge in [0.2, 0.25) is 5.91 Å². The van der Waals surface area contributed by atoms with Crippen molar-refractivity contribution in [2.45, 2.75) is 32.6 Å². The van der Waals surface area contributed by atoms with E-state index in [2.05, 4.69) is 0 Å². The molecule has 0 aromatic heterocycles. The van der Waals surface area contributed by atoms with Gasteiger partial charge in [-0.25, -0.2) is 0 Å². The molecule has 1 saturated heterocycles. The van der Waals surface area contributed by atoms with Gasteiger partial charge in [-0.2, -0.15) is 0 Å². The van der Waals surface area contributed by atoms with Crippen LogP contribution in [0, 0.1) is 29.6 Å². The van der Waals surface area contributed by atoms with Gasteiger partial charge in [0.15, 0.2) is 0 Å². The lowest BCUT2D eigenvalue weighted by Crippen LogP contribution is -2.55. The van der Waals surface area contributed by atoms with Gasteiger partial charge >= 0.3 is 5.97 Å². The second-order valence-electron chi connectivity index (χ2n) is 6.41. The van der Waals surface area contributed by atoms with Crippen molar-refractivity contribution < 1.29 is 14.7 Å². The predicted molar refractivity (Wildman–Crippen MR) is 65.8 cm³/mol. The summed E-state index contributed by atoms with van der Waals surface area (Å²) in [7, 11) is 0. The average molecular weight is 251 g/mol. The number of hydrogen-bond donors (Lipinski definition) is 1. The molecule has 1 amide bonds. The van der Waals surface area contributed by atoms with Gasteiger partial charge in [0, 0.05) is 24.9 Å². The summed E-state index contributed by atoms with van der Waals surface area (Å²) in [6.45, 7) is 3.05. The molecule has 100 valence electrons. The molecule has 1 N–H and O–H groups in total. The Kier molecular flexibility index (Phi) is 2.83. The maximum Gasteiger partial charge on any atom is 0.306 e. The van der Waals surface area contributed by atoms with Crippen LogP contribution in [0.4, 0.5) is 0 Å². The summed E-state index contributed by atoms with van der Waals surface area (Å²) in [4.78, 5) is 25.1. The van der Waals surface area contributed by atoms with E-state index in [9.17, 15) is 9.59 Å². The Balaban J connectivity index is 1.53. The van der Waals surface area contributed by atoms with E-state index in [4.69, 9.17) is 5.11 Å². The van der Waals surface area contributed by atoms with E-state index in [0.29, 0.717) is 24.9 Å². The first-order valence-corrected chi connectivity index (χ1v) is 7.08. The van der Waals surface area contributed by atoms with Crippen molar-refractivity contribution in [3.63, 3.8) is 0 Å². The van der Waals surface area contributed by atoms with Crippen LogP contribution in [0.5, 0.6) is 0 Å². The van der Waals surface area contributed by atoms with Crippen LogP contribution in [0.2, 0.25) is 0 Å². The number of carbonyl (C=O) groups excluding carboxylic acids is 1. The summed E-state index contributed by atoms with van der Waals surface area (Å²) < 4.78 is 0. The fourth-order valence-electron chi connectivity index (χ4n) is 3.99. The molecule has 4 nitrogen and oxygen atoms in total. The van der Waals surface area contributed by atoms with Crippen LogP contribution in [-0.4, -0.2) is 35.0 Å². The highest BCUT2D eigenvalue weighted by Crippen LogP contribution is 2.49. The molecule has 4 unspecified atom stereocenters. The molecule has 0 spiro atoms. The summed E-state index contributed by atoms with van der Waals surface area (Å²) in [5.41, 5.74) is 0. The Morgan fingerprint density at radius 3 is 2.44 bits per heavy atom. The van der Waals surface area contributed by atoms with E-state index in [1.54, 1.807) is 6.92 Å². The van der Waals surface area contributed by atoms with Crippen molar-refractivity contribution in [2.75, 3.05) is 13.1 Å². The number of carboxylic acid groups (broad SMARTS) is 1. The molecule has 0 aromatic carbocycles. The molecule has 3 rings (SSSR count). The van der Waals surface area contributed by atoms with Crippen LogP contribution >= 0.6 is 0 Å². The predicted octanol–water partition coefficient (Wildman–Crippen LogP) is 1.60. The summed E-state index contributed by atoms with van der Waals surface area (Å²) in [5.74, 6) is 1.06. The number of likely N-dealkylation sites (tertiary alicyclic amines) is 1. The van der Waals surface area contributed by atoms with Gasteiger partial charge < -0.3 is 10.0 Å². The van der Waals surface area contributed by atoms with Gasteiger partial charge in [0.1, 0.15) is 0 Å². The molecular weight excluding hydrogens is 230 g/mol. The molecule has 2 saturated carbocycles. The second-order valence-corrected chi connectivity index (χ2v) is 6.41. The van der Waals surface area contributed by atoms with E-state index in [-0.39, 0.29) is 17.8 Å². The van der Waals surface area contributed by atoms with Gasteiger partial charge in [-0.1, -0.05) is 13.3 Å². The van der Waals surface area contributed by atoms with Crippen LogP contribution in [0.3, 0.4) is 0 Å². The lowest BCUT2D eigenvalue weighted by molar-refractivity contribution is -0.153. The Hall–Kier alpha value is -1.06. The van der Waals surface area contributed by atoms with Crippen molar-refractivity contribution in [2.24, 2.45) is 29.6 Å². The zero-order valence-electron chi connectivity index (χ0n) is 10.8. The van der Waals surface area contributed by atoms with Gasteiger partial charge in [0.25, 0.3) is 0 Å². The number of rotatable bonds is 3. The third-order valence-corrected chi connectivity index (χ3v) is 5.37. The SMILES string of the molecule is CC(C(=O)O)C1CN(C(=O)C2CC3CCC2C3)C1. The Bertz CT molecular complexity index is 375. The Morgan fingerprint density at radius 1 is 1.22 bits per heavy atom. The molecular formula is C14H21NO3. The third kappa shape index (κ3) is 1.82. The first-order chi connectivity index (χ1) is 8.56. The molecule has 2 bridgehead atoms. The molecule has 4 heteroatoms. The molecule has 0 radical (unpaired) electrons. The minimum atomic E-state index is -0.743. The quantitative estimate of drug-likeness (QED) is 0.829. The topological polar surface area (TPSA) is 57.6 Å². The van der Waals surface area contributed by atoms with Crippen LogP contribution < -0.4 is 0 Å². The van der Waals surface area contributed by atoms with Gasteiger partial charge in [-0.15, -0.1) is 0 Å². The smallest absolute Gasteiger partial charge is 0.306 e. The maximum atomic E-state index is 12.3. The lowest BCUT2D eigenvalue weighted by atomic mass is 9.83. The zero-order valence-corrected chi connectivity index (χ0v) is 10.8. The van der Waals surface area contributed by atoms with Crippen molar-refractivity contribution >= 4 is 11.9 Å². The molecule has 0 aromatic rings. The highest BCUT2D eigenvalue weighted by atomic mass is 16.4. The summed E-state index contributed by atoms with van der Waals surface area (Å²) in [6, 6.07) is 0. The van der Waals surface area contributed by atoms with Crippen molar-refractivity contribution in [1.29, 1.82) is 0 Å². The average Bonchev–Trinajstić information content (AvgIpc) is 2.87. The second kappa shape index (κ2) is 4.25. The van der Waals surface area contributed by atoms with Crippen molar-refractivity contribution in [3.8, 4) is 0 Å². The van der Waals surface area contributed by atoms with E-state index in [1.165, 1.54) is 19.3 Å². The lowest BCUT2D eigenvalue weighted by Gasteiger charge is -2.43. The first-order valence-electron chi connectivity index (χ1n) is 7.08. The van der Waals surface area contributed by atoms with Crippen LogP contribution in [0.25, 0.3) is 0 Å². The molecule has 3 fully saturated rings. The van der Waals surface area contributed by atoms with Crippen LogP contribution in [-0.2, 0) is 9.59 Å². The number of hydrogen-bond acceptors (Lipinski definition) is 2. The molecule has 2 aliphatic carbocycles. The number of carbonyl (C=O) groups is 2. The standard InChI is InChI=1S/C14H21NO3/c1-8(14(17)18)11-6-15(7-11)13(16)12-5-9-2-3-10(12)4-9/h8-12H,2-7H2,1H3,(H,17,18). The molecule has 18 heavy (non-hydrogen) atoms. The highest BCUT2D eigenvalue weighted by molar-refractivity contribution is 5.81. The largest absolute Gasteiger partial charge is 0.481 e. The van der Waals surface area contributed by atoms with E-state index < -0.39 is 5.97 Å². The number of aliphatic carboxylic acids is 1. The maximum absolute atomic E-state index is 12.3. The van der Waals surface area contributed by atoms with Gasteiger partial charge in [0.05, 0.1) is 5.92 Å². The summed E-state index contributed by atoms with van der Waals surface area (Å²) in [6.07, 6.45) is 4.87. The summed E-state index contributed by atoms with van der Waals surface area (Å²) in [5, 5.41) is 8.94. The molecule has 4 atom stereocenters. The highest BCUT2D eigenvalue weighted by Gasteiger charge is 2.47. The van der Waals surface area contributed by atoms with Crippen LogP contribution in [0.15, 0.2) is 0 Å². The molecule has 1 heterocycles. The zero-order chi connectivity index (χ0) is 12.9. The minimum Gasteiger partial charge on any atom is -0.481 e. The normalized spacial score (nSPS) is 36.5. The van der Waals surface area contributed by atoms with Gasteiger partial charge in [-0.05, 0) is 31.1 Å². The van der Waals surface area contributed by atoms with E-state index >= 15 is 0 Å². The van der Waals surface area contributed by atoms with Gasteiger partial charge in [-0.3, -0.25) is 9.59 Å². The monoisotopic (exact) mass is 251 g/mol. The minimum absolute atomic E-state index is 0.157. The Morgan fingerprint density at radius 2 is 1.94 bits per heavy atom. The number of nitrogens with zero attached hydrogens (tertiary/aromatic N) is 1. The van der Waals surface area contributed by atoms with E-state index in [1.807, 2.05) is 4.90 Å². The molecule has 3 aliphatic rings. The molecule has 1 aliphatic heterocycles. The van der Waals surface area contributed by atoms with Crippen molar-refractivity contribution in [1.82, 2.24) is 4.90 Å². The number of amides is 1. The third-order valence-electron chi connectivity index (χ3n) is 5.37. The fourth-order valence-corrected chi connectivity index (χ4v) is 3.99. The van der Waals surface area contributed by atoms with Crippen molar-refractivity contribution in [3.05, 3.63) is 0 Å². The first kappa shape index (κ1) is 12.0.